The van der Waals surface area contributed by atoms with Crippen molar-refractivity contribution in [2.24, 2.45) is 0 Å². The molecule has 1 atom stereocenters. The topological polar surface area (TPSA) is 79.7 Å². The number of pyridine rings is 1. The second kappa shape index (κ2) is 11.5. The van der Waals surface area contributed by atoms with Crippen LogP contribution in [0.4, 0.5) is 0 Å². The molecule has 0 bridgehead atoms. The van der Waals surface area contributed by atoms with Crippen LogP contribution in [0.2, 0.25) is 0 Å². The van der Waals surface area contributed by atoms with Crippen molar-refractivity contribution < 1.29 is 0 Å². The Morgan fingerprint density at radius 3 is 2.53 bits per heavy atom. The molecular weight excluding hydrogens is 472 g/mol. The van der Waals surface area contributed by atoms with Gasteiger partial charge in [-0.25, -0.2) is 4.68 Å². The summed E-state index contributed by atoms with van der Waals surface area (Å²) in [6.45, 7) is 8.24. The van der Waals surface area contributed by atoms with Gasteiger partial charge < -0.3 is 4.98 Å². The molecule has 2 heterocycles. The Kier molecular flexibility index (Phi) is 7.75. The van der Waals surface area contributed by atoms with Crippen LogP contribution in [0.15, 0.2) is 83.7 Å². The van der Waals surface area contributed by atoms with Gasteiger partial charge in [0.2, 0.25) is 0 Å². The van der Waals surface area contributed by atoms with E-state index in [0.29, 0.717) is 13.1 Å². The predicted octanol–water partition coefficient (Wildman–Crippen LogP) is 5.38. The predicted molar refractivity (Wildman–Crippen MR) is 151 cm³/mol. The van der Waals surface area contributed by atoms with Gasteiger partial charge in [0.1, 0.15) is 0 Å². The number of hydrogen-bond donors (Lipinski definition) is 1. The molecule has 0 radical (unpaired) electrons. The normalized spacial score (nSPS) is 12.3. The maximum Gasteiger partial charge on any atom is 0.252 e. The Bertz CT molecular complexity index is 1570. The number of rotatable bonds is 10. The molecule has 0 spiro atoms. The van der Waals surface area contributed by atoms with Crippen molar-refractivity contribution in [1.82, 2.24) is 30.1 Å². The molecule has 0 saturated heterocycles. The Balaban J connectivity index is 1.49. The van der Waals surface area contributed by atoms with Crippen LogP contribution in [0.25, 0.3) is 10.9 Å². The molecule has 3 aromatic carbocycles. The fourth-order valence-corrected chi connectivity index (χ4v) is 5.13. The summed E-state index contributed by atoms with van der Waals surface area (Å²) in [5.41, 5.74) is 6.43. The summed E-state index contributed by atoms with van der Waals surface area (Å²) >= 11 is 0. The van der Waals surface area contributed by atoms with E-state index in [1.54, 1.807) is 0 Å². The molecule has 0 aliphatic carbocycles. The first-order valence-corrected chi connectivity index (χ1v) is 13.2. The molecule has 7 nitrogen and oxygen atoms in total. The van der Waals surface area contributed by atoms with Crippen LogP contribution in [-0.4, -0.2) is 36.6 Å². The number of tetrazole rings is 1. The molecular formula is C31H34N6O. The van der Waals surface area contributed by atoms with E-state index in [1.807, 2.05) is 41.1 Å². The molecule has 5 aromatic rings. The molecule has 5 rings (SSSR count). The van der Waals surface area contributed by atoms with Gasteiger partial charge >= 0.3 is 0 Å². The minimum atomic E-state index is -0.0547. The minimum absolute atomic E-state index is 0.0506. The third-order valence-corrected chi connectivity index (χ3v) is 7.24. The lowest BCUT2D eigenvalue weighted by molar-refractivity contribution is 0.172. The molecule has 2 aromatic heterocycles. The van der Waals surface area contributed by atoms with Crippen molar-refractivity contribution in [3.05, 3.63) is 123 Å². The number of aromatic amines is 1. The quantitative estimate of drug-likeness (QED) is 0.275. The number of nitrogens with zero attached hydrogens (tertiary/aromatic N) is 5. The highest BCUT2D eigenvalue weighted by Crippen LogP contribution is 2.26. The van der Waals surface area contributed by atoms with E-state index < -0.39 is 0 Å². The maximum absolute atomic E-state index is 13.2. The molecule has 0 amide bonds. The summed E-state index contributed by atoms with van der Waals surface area (Å²) < 4.78 is 1.89. The van der Waals surface area contributed by atoms with E-state index in [1.165, 1.54) is 16.7 Å². The summed E-state index contributed by atoms with van der Waals surface area (Å²) in [6.07, 6.45) is 1.68. The van der Waals surface area contributed by atoms with E-state index in [9.17, 15) is 4.79 Å². The lowest BCUT2D eigenvalue weighted by Crippen LogP contribution is -2.34. The molecule has 0 aliphatic rings. The molecule has 1 N–H and O–H groups in total. The number of benzene rings is 3. The Hall–Kier alpha value is -4.10. The second-order valence-corrected chi connectivity index (χ2v) is 9.97. The van der Waals surface area contributed by atoms with E-state index in [0.717, 1.165) is 47.2 Å². The van der Waals surface area contributed by atoms with E-state index in [4.69, 9.17) is 0 Å². The highest BCUT2D eigenvalue weighted by Gasteiger charge is 2.26. The summed E-state index contributed by atoms with van der Waals surface area (Å²) in [4.78, 5) is 18.6. The van der Waals surface area contributed by atoms with Gasteiger partial charge in [0.05, 0.1) is 12.6 Å². The van der Waals surface area contributed by atoms with Gasteiger partial charge in [-0.3, -0.25) is 9.69 Å². The van der Waals surface area contributed by atoms with E-state index in [-0.39, 0.29) is 11.6 Å². The van der Waals surface area contributed by atoms with Crippen molar-refractivity contribution in [3.63, 3.8) is 0 Å². The van der Waals surface area contributed by atoms with Gasteiger partial charge in [-0.2, -0.15) is 0 Å². The van der Waals surface area contributed by atoms with Crippen LogP contribution in [-0.2, 0) is 19.5 Å². The van der Waals surface area contributed by atoms with Gasteiger partial charge in [0.15, 0.2) is 5.82 Å². The first-order chi connectivity index (χ1) is 18.5. The lowest BCUT2D eigenvalue weighted by Gasteiger charge is -2.30. The Morgan fingerprint density at radius 1 is 0.947 bits per heavy atom. The molecule has 38 heavy (non-hydrogen) atoms. The molecule has 194 valence electrons. The molecule has 0 aliphatic heterocycles. The monoisotopic (exact) mass is 506 g/mol. The Labute approximate surface area is 223 Å². The van der Waals surface area contributed by atoms with Crippen molar-refractivity contribution in [3.8, 4) is 0 Å². The zero-order valence-corrected chi connectivity index (χ0v) is 22.3. The summed E-state index contributed by atoms with van der Waals surface area (Å²) in [7, 11) is 0. The van der Waals surface area contributed by atoms with Crippen LogP contribution < -0.4 is 5.56 Å². The summed E-state index contributed by atoms with van der Waals surface area (Å²) in [6, 6.07) is 26.8. The van der Waals surface area contributed by atoms with Crippen LogP contribution in [0.3, 0.4) is 0 Å². The molecule has 0 fully saturated rings. The van der Waals surface area contributed by atoms with Crippen LogP contribution in [0.5, 0.6) is 0 Å². The van der Waals surface area contributed by atoms with Crippen molar-refractivity contribution >= 4 is 10.9 Å². The van der Waals surface area contributed by atoms with Crippen LogP contribution in [0, 0.1) is 13.8 Å². The highest BCUT2D eigenvalue weighted by molar-refractivity contribution is 5.79. The third kappa shape index (κ3) is 5.73. The average molecular weight is 507 g/mol. The molecule has 7 heteroatoms. The summed E-state index contributed by atoms with van der Waals surface area (Å²) in [5, 5.41) is 13.9. The van der Waals surface area contributed by atoms with Gasteiger partial charge in [0.25, 0.3) is 5.56 Å². The fraction of sp³-hybridized carbons (Fsp3) is 0.290. The van der Waals surface area contributed by atoms with Crippen molar-refractivity contribution in [2.45, 2.75) is 52.7 Å². The maximum atomic E-state index is 13.2. The highest BCUT2D eigenvalue weighted by atomic mass is 16.1. The van der Waals surface area contributed by atoms with Crippen molar-refractivity contribution in [2.75, 3.05) is 6.54 Å². The standard InChI is InChI=1S/C31H34N6O/c1-4-29(30-33-34-35-37(30)20-24-11-6-5-7-12-24)36(17-16-25-13-9-8-10-23(25)3)21-27-19-26-18-22(2)14-15-28(26)32-31(27)38/h5-15,18-19,29H,4,16-17,20-21H2,1-3H3,(H,32,38)/t29-/m1/s1. The first-order valence-electron chi connectivity index (χ1n) is 13.2. The lowest BCUT2D eigenvalue weighted by atomic mass is 10.0. The number of fused-ring (bicyclic) bond motifs is 1. The van der Waals surface area contributed by atoms with Gasteiger partial charge in [-0.1, -0.05) is 73.2 Å². The number of H-pyrrole nitrogens is 1. The van der Waals surface area contributed by atoms with E-state index in [2.05, 4.69) is 88.6 Å². The number of nitrogens with one attached hydrogen (secondary N) is 1. The van der Waals surface area contributed by atoms with Crippen molar-refractivity contribution in [1.29, 1.82) is 0 Å². The molecule has 0 unspecified atom stereocenters. The fourth-order valence-electron chi connectivity index (χ4n) is 5.13. The van der Waals surface area contributed by atoms with Crippen LogP contribution >= 0.6 is 0 Å². The van der Waals surface area contributed by atoms with Crippen LogP contribution in [0.1, 0.15) is 53.0 Å². The number of aryl methyl sites for hydroxylation is 2. The third-order valence-electron chi connectivity index (χ3n) is 7.24. The number of hydrogen-bond acceptors (Lipinski definition) is 5. The largest absolute Gasteiger partial charge is 0.322 e. The second-order valence-electron chi connectivity index (χ2n) is 9.97. The average Bonchev–Trinajstić information content (AvgIpc) is 3.37. The smallest absolute Gasteiger partial charge is 0.252 e. The first kappa shape index (κ1) is 25.5. The van der Waals surface area contributed by atoms with E-state index >= 15 is 0 Å². The zero-order chi connectivity index (χ0) is 26.5. The van der Waals surface area contributed by atoms with Gasteiger partial charge in [-0.15, -0.1) is 5.10 Å². The zero-order valence-electron chi connectivity index (χ0n) is 22.3. The summed E-state index contributed by atoms with van der Waals surface area (Å²) in [5.74, 6) is 0.814. The van der Waals surface area contributed by atoms with Gasteiger partial charge in [-0.05, 0) is 77.4 Å². The Morgan fingerprint density at radius 2 is 1.74 bits per heavy atom. The number of aromatic nitrogens is 5. The minimum Gasteiger partial charge on any atom is -0.322 e. The van der Waals surface area contributed by atoms with Gasteiger partial charge in [0, 0.05) is 24.2 Å². The molecule has 0 saturated carbocycles. The SMILES string of the molecule is CC[C@H](c1nnnn1Cc1ccccc1)N(CCc1ccccc1C)Cc1cc2cc(C)ccc2[nH]c1=O.